The number of hydrogen-bond acceptors (Lipinski definition) is 5. The first-order chi connectivity index (χ1) is 8.72. The number of nitrogens with two attached hydrogens (primary N) is 1. The lowest BCUT2D eigenvalue weighted by Gasteiger charge is -2.18. The fourth-order valence-electron chi connectivity index (χ4n) is 1.81. The molecule has 0 aliphatic carbocycles. The summed E-state index contributed by atoms with van der Waals surface area (Å²) >= 11 is 0. The highest BCUT2D eigenvalue weighted by atomic mass is 15.2. The molecule has 5 heteroatoms. The molecule has 0 amide bonds. The summed E-state index contributed by atoms with van der Waals surface area (Å²) in [7, 11) is 4.03. The normalized spacial score (nSPS) is 12.2. The second kappa shape index (κ2) is 5.57. The molecule has 1 aromatic carbocycles. The van der Waals surface area contributed by atoms with Crippen LogP contribution in [0.2, 0.25) is 0 Å². The van der Waals surface area contributed by atoms with Crippen LogP contribution in [0.25, 0.3) is 0 Å². The predicted octanol–water partition coefficient (Wildman–Crippen LogP) is 1.10. The first-order valence-electron chi connectivity index (χ1n) is 5.70. The SMILES string of the molecule is CN(C)c1ccc(C(NN)c2cncnc2)cc1. The molecule has 94 valence electrons. The molecule has 2 aromatic rings. The Morgan fingerprint density at radius 2 is 1.67 bits per heavy atom. The van der Waals surface area contributed by atoms with Crippen molar-refractivity contribution < 1.29 is 0 Å². The summed E-state index contributed by atoms with van der Waals surface area (Å²) in [5.74, 6) is 5.62. The van der Waals surface area contributed by atoms with Crippen LogP contribution in [0.1, 0.15) is 17.2 Å². The molecule has 1 atom stereocenters. The first-order valence-corrected chi connectivity index (χ1v) is 5.70. The van der Waals surface area contributed by atoms with Crippen molar-refractivity contribution in [3.05, 3.63) is 54.1 Å². The number of rotatable bonds is 4. The second-order valence-electron chi connectivity index (χ2n) is 4.26. The highest BCUT2D eigenvalue weighted by molar-refractivity contribution is 5.47. The highest BCUT2D eigenvalue weighted by Crippen LogP contribution is 2.22. The lowest BCUT2D eigenvalue weighted by atomic mass is 10.0. The standard InChI is InChI=1S/C13H17N5/c1-18(2)12-5-3-10(4-6-12)13(17-14)11-7-15-9-16-8-11/h3-9,13,17H,14H2,1-2H3. The molecule has 0 bridgehead atoms. The average molecular weight is 243 g/mol. The van der Waals surface area contributed by atoms with Crippen LogP contribution in [0.5, 0.6) is 0 Å². The van der Waals surface area contributed by atoms with E-state index in [1.165, 1.54) is 6.33 Å². The van der Waals surface area contributed by atoms with Gasteiger partial charge in [0.25, 0.3) is 0 Å². The minimum Gasteiger partial charge on any atom is -0.378 e. The summed E-state index contributed by atoms with van der Waals surface area (Å²) in [5, 5.41) is 0. The molecule has 2 rings (SSSR count). The van der Waals surface area contributed by atoms with Gasteiger partial charge in [-0.15, -0.1) is 0 Å². The van der Waals surface area contributed by atoms with Crippen molar-refractivity contribution in [1.82, 2.24) is 15.4 Å². The minimum absolute atomic E-state index is 0.0950. The largest absolute Gasteiger partial charge is 0.378 e. The van der Waals surface area contributed by atoms with E-state index in [0.717, 1.165) is 16.8 Å². The van der Waals surface area contributed by atoms with Gasteiger partial charge in [-0.2, -0.15) is 0 Å². The molecule has 0 saturated heterocycles. The van der Waals surface area contributed by atoms with Gasteiger partial charge in [0.2, 0.25) is 0 Å². The zero-order valence-corrected chi connectivity index (χ0v) is 10.5. The lowest BCUT2D eigenvalue weighted by molar-refractivity contribution is 0.632. The number of hydrogen-bond donors (Lipinski definition) is 2. The fraction of sp³-hybridized carbons (Fsp3) is 0.231. The molecule has 1 heterocycles. The van der Waals surface area contributed by atoms with E-state index in [1.54, 1.807) is 12.4 Å². The zero-order valence-electron chi connectivity index (χ0n) is 10.5. The Bertz CT molecular complexity index is 480. The Balaban J connectivity index is 2.28. The summed E-state index contributed by atoms with van der Waals surface area (Å²) < 4.78 is 0. The van der Waals surface area contributed by atoms with Gasteiger partial charge >= 0.3 is 0 Å². The van der Waals surface area contributed by atoms with Crippen molar-refractivity contribution in [2.75, 3.05) is 19.0 Å². The van der Waals surface area contributed by atoms with Crippen LogP contribution in [0, 0.1) is 0 Å². The molecule has 3 N–H and O–H groups in total. The molecule has 0 aliphatic rings. The van der Waals surface area contributed by atoms with Gasteiger partial charge in [-0.25, -0.2) is 15.4 Å². The maximum Gasteiger partial charge on any atom is 0.115 e. The summed E-state index contributed by atoms with van der Waals surface area (Å²) in [5.41, 5.74) is 5.97. The third kappa shape index (κ3) is 2.64. The van der Waals surface area contributed by atoms with Crippen molar-refractivity contribution in [3.63, 3.8) is 0 Å². The van der Waals surface area contributed by atoms with Crippen LogP contribution < -0.4 is 16.2 Å². The van der Waals surface area contributed by atoms with Crippen LogP contribution in [0.4, 0.5) is 5.69 Å². The van der Waals surface area contributed by atoms with E-state index >= 15 is 0 Å². The monoisotopic (exact) mass is 243 g/mol. The van der Waals surface area contributed by atoms with E-state index in [-0.39, 0.29) is 6.04 Å². The summed E-state index contributed by atoms with van der Waals surface area (Å²) in [4.78, 5) is 10.1. The molecule has 0 spiro atoms. The summed E-state index contributed by atoms with van der Waals surface area (Å²) in [6, 6.07) is 8.12. The Kier molecular flexibility index (Phi) is 3.86. The molecule has 18 heavy (non-hydrogen) atoms. The van der Waals surface area contributed by atoms with Gasteiger partial charge in [-0.3, -0.25) is 5.84 Å². The smallest absolute Gasteiger partial charge is 0.115 e. The topological polar surface area (TPSA) is 67.1 Å². The number of benzene rings is 1. The van der Waals surface area contributed by atoms with Crippen molar-refractivity contribution in [2.24, 2.45) is 5.84 Å². The number of nitrogens with zero attached hydrogens (tertiary/aromatic N) is 3. The molecule has 5 nitrogen and oxygen atoms in total. The van der Waals surface area contributed by atoms with Crippen LogP contribution in [-0.4, -0.2) is 24.1 Å². The predicted molar refractivity (Wildman–Crippen MR) is 72.0 cm³/mol. The summed E-state index contributed by atoms with van der Waals surface area (Å²) in [6.07, 6.45) is 5.03. The zero-order chi connectivity index (χ0) is 13.0. The Morgan fingerprint density at radius 3 is 2.17 bits per heavy atom. The van der Waals surface area contributed by atoms with Crippen LogP contribution in [0.3, 0.4) is 0 Å². The molecular formula is C13H17N5. The van der Waals surface area contributed by atoms with Gasteiger partial charge < -0.3 is 4.90 Å². The fourth-order valence-corrected chi connectivity index (χ4v) is 1.81. The van der Waals surface area contributed by atoms with Crippen molar-refractivity contribution in [1.29, 1.82) is 0 Å². The number of aromatic nitrogens is 2. The van der Waals surface area contributed by atoms with Crippen molar-refractivity contribution in [3.8, 4) is 0 Å². The van der Waals surface area contributed by atoms with Crippen LogP contribution in [-0.2, 0) is 0 Å². The quantitative estimate of drug-likeness (QED) is 0.621. The third-order valence-corrected chi connectivity index (χ3v) is 2.82. The average Bonchev–Trinajstić information content (AvgIpc) is 2.41. The van der Waals surface area contributed by atoms with E-state index in [9.17, 15) is 0 Å². The van der Waals surface area contributed by atoms with E-state index in [2.05, 4.69) is 32.4 Å². The van der Waals surface area contributed by atoms with Crippen LogP contribution in [0.15, 0.2) is 43.0 Å². The van der Waals surface area contributed by atoms with Crippen LogP contribution >= 0.6 is 0 Å². The number of nitrogens with one attached hydrogen (secondary N) is 1. The van der Waals surface area contributed by atoms with E-state index < -0.39 is 0 Å². The van der Waals surface area contributed by atoms with Gasteiger partial charge in [-0.1, -0.05) is 12.1 Å². The molecule has 0 radical (unpaired) electrons. The molecule has 1 aromatic heterocycles. The maximum atomic E-state index is 5.62. The Morgan fingerprint density at radius 1 is 1.06 bits per heavy atom. The van der Waals surface area contributed by atoms with Gasteiger partial charge in [0.1, 0.15) is 6.33 Å². The molecule has 0 aliphatic heterocycles. The van der Waals surface area contributed by atoms with E-state index in [0.29, 0.717) is 0 Å². The first kappa shape index (κ1) is 12.5. The minimum atomic E-state index is -0.0950. The Labute approximate surface area is 107 Å². The number of hydrazine groups is 1. The molecular weight excluding hydrogens is 226 g/mol. The van der Waals surface area contributed by atoms with Crippen molar-refractivity contribution >= 4 is 5.69 Å². The van der Waals surface area contributed by atoms with E-state index in [4.69, 9.17) is 5.84 Å². The van der Waals surface area contributed by atoms with Gasteiger partial charge in [0.05, 0.1) is 6.04 Å². The lowest BCUT2D eigenvalue weighted by Crippen LogP contribution is -2.29. The molecule has 1 unspecified atom stereocenters. The third-order valence-electron chi connectivity index (χ3n) is 2.82. The maximum absolute atomic E-state index is 5.62. The Hall–Kier alpha value is -1.98. The van der Waals surface area contributed by atoms with Crippen molar-refractivity contribution in [2.45, 2.75) is 6.04 Å². The number of anilines is 1. The van der Waals surface area contributed by atoms with E-state index in [1.807, 2.05) is 26.2 Å². The van der Waals surface area contributed by atoms with Gasteiger partial charge in [0.15, 0.2) is 0 Å². The van der Waals surface area contributed by atoms with Gasteiger partial charge in [0, 0.05) is 37.7 Å². The second-order valence-corrected chi connectivity index (χ2v) is 4.26. The molecule has 0 saturated carbocycles. The molecule has 0 fully saturated rings. The summed E-state index contributed by atoms with van der Waals surface area (Å²) in [6.45, 7) is 0. The highest BCUT2D eigenvalue weighted by Gasteiger charge is 2.12. The van der Waals surface area contributed by atoms with Gasteiger partial charge in [-0.05, 0) is 17.7 Å².